The highest BCUT2D eigenvalue weighted by Crippen LogP contribution is 2.42. The third-order valence-electron chi connectivity index (χ3n) is 9.43. The first kappa shape index (κ1) is 38.9. The second-order valence-electron chi connectivity index (χ2n) is 13.1. The van der Waals surface area contributed by atoms with Gasteiger partial charge in [-0.3, -0.25) is 23.9 Å². The first-order valence-corrected chi connectivity index (χ1v) is 17.8. The van der Waals surface area contributed by atoms with Crippen LogP contribution in [0.1, 0.15) is 44.3 Å². The quantitative estimate of drug-likeness (QED) is 0.102. The zero-order valence-corrected chi connectivity index (χ0v) is 31.1. The largest absolute Gasteiger partial charge is 0.497 e. The average molecular weight is 755 g/mol. The molecule has 56 heavy (non-hydrogen) atoms. The Balaban J connectivity index is 1.38. The Bertz CT molecular complexity index is 2310. The molecule has 0 saturated heterocycles. The van der Waals surface area contributed by atoms with E-state index in [1.54, 1.807) is 62.8 Å². The van der Waals surface area contributed by atoms with Crippen LogP contribution in [0.3, 0.4) is 0 Å². The number of rotatable bonds is 15. The number of anilines is 1. The molecule has 6 aromatic rings. The van der Waals surface area contributed by atoms with Gasteiger partial charge in [0.2, 0.25) is 5.91 Å². The summed E-state index contributed by atoms with van der Waals surface area (Å²) in [6.07, 6.45) is -0.0223. The van der Waals surface area contributed by atoms with E-state index in [1.807, 2.05) is 84.9 Å². The lowest BCUT2D eigenvalue weighted by atomic mass is 9.80. The van der Waals surface area contributed by atoms with Crippen molar-refractivity contribution in [3.63, 3.8) is 0 Å². The number of H-pyrrole nitrogens is 1. The van der Waals surface area contributed by atoms with Gasteiger partial charge in [0.25, 0.3) is 11.5 Å². The van der Waals surface area contributed by atoms with Crippen molar-refractivity contribution in [3.05, 3.63) is 194 Å². The van der Waals surface area contributed by atoms with Crippen molar-refractivity contribution in [1.82, 2.24) is 14.9 Å². The summed E-state index contributed by atoms with van der Waals surface area (Å²) in [5.74, 6) is 0.376. The van der Waals surface area contributed by atoms with Crippen LogP contribution in [0.15, 0.2) is 149 Å². The maximum absolute atomic E-state index is 13.7. The van der Waals surface area contributed by atoms with Gasteiger partial charge in [-0.25, -0.2) is 4.79 Å². The van der Waals surface area contributed by atoms with Gasteiger partial charge in [-0.15, -0.1) is 0 Å². The van der Waals surface area contributed by atoms with Crippen molar-refractivity contribution in [2.45, 2.75) is 31.2 Å². The number of nitrogens with one attached hydrogen (secondary N) is 3. The highest BCUT2D eigenvalue weighted by atomic mass is 16.5. The number of amides is 2. The second kappa shape index (κ2) is 17.6. The van der Waals surface area contributed by atoms with E-state index in [0.29, 0.717) is 28.3 Å². The molecule has 0 aliphatic heterocycles. The molecule has 0 aliphatic carbocycles. The van der Waals surface area contributed by atoms with Crippen LogP contribution in [0.4, 0.5) is 5.69 Å². The third kappa shape index (κ3) is 8.78. The summed E-state index contributed by atoms with van der Waals surface area (Å²) in [6, 6.07) is 38.8. The summed E-state index contributed by atoms with van der Waals surface area (Å²) in [7, 11) is 3.17. The van der Waals surface area contributed by atoms with E-state index in [9.17, 15) is 24.3 Å². The summed E-state index contributed by atoms with van der Waals surface area (Å²) in [5.41, 5.74) is 1.34. The van der Waals surface area contributed by atoms with E-state index in [-0.39, 0.29) is 18.1 Å². The molecule has 5 aromatic carbocycles. The summed E-state index contributed by atoms with van der Waals surface area (Å²) >= 11 is 0. The van der Waals surface area contributed by atoms with Crippen LogP contribution >= 0.6 is 0 Å². The number of benzene rings is 5. The Morgan fingerprint density at radius 3 is 1.84 bits per heavy atom. The van der Waals surface area contributed by atoms with Gasteiger partial charge < -0.3 is 30.0 Å². The molecule has 1 heterocycles. The molecule has 0 unspecified atom stereocenters. The topological polar surface area (TPSA) is 161 Å². The highest BCUT2D eigenvalue weighted by molar-refractivity contribution is 6.04. The van der Waals surface area contributed by atoms with E-state index >= 15 is 0 Å². The molecule has 12 nitrogen and oxygen atoms in total. The second-order valence-corrected chi connectivity index (χ2v) is 13.1. The fourth-order valence-corrected chi connectivity index (χ4v) is 6.43. The normalized spacial score (nSPS) is 12.3. The van der Waals surface area contributed by atoms with E-state index in [0.717, 1.165) is 21.3 Å². The zero-order valence-electron chi connectivity index (χ0n) is 31.1. The van der Waals surface area contributed by atoms with Crippen LogP contribution in [-0.2, 0) is 21.7 Å². The fourth-order valence-electron chi connectivity index (χ4n) is 6.43. The first-order valence-electron chi connectivity index (χ1n) is 17.8. The van der Waals surface area contributed by atoms with E-state index in [2.05, 4.69) is 15.6 Å². The number of aryl methyl sites for hydroxylation is 1. The van der Waals surface area contributed by atoms with Gasteiger partial charge in [0, 0.05) is 23.0 Å². The number of nitrogens with zero attached hydrogens (tertiary/aromatic N) is 1. The van der Waals surface area contributed by atoms with Crippen LogP contribution in [0, 0.1) is 6.92 Å². The van der Waals surface area contributed by atoms with Gasteiger partial charge in [0.15, 0.2) is 0 Å². The number of ether oxygens (including phenoxy) is 3. The van der Waals surface area contributed by atoms with Crippen LogP contribution in [0.5, 0.6) is 11.5 Å². The van der Waals surface area contributed by atoms with Crippen molar-refractivity contribution < 1.29 is 28.9 Å². The van der Waals surface area contributed by atoms with Crippen LogP contribution in [0.2, 0.25) is 0 Å². The minimum atomic E-state index is -1.33. The van der Waals surface area contributed by atoms with Crippen LogP contribution in [0.25, 0.3) is 0 Å². The monoisotopic (exact) mass is 754 g/mol. The number of aliphatic hydroxyl groups excluding tert-OH is 1. The van der Waals surface area contributed by atoms with Crippen LogP contribution < -0.4 is 31.4 Å². The molecule has 0 fully saturated rings. The maximum atomic E-state index is 13.7. The van der Waals surface area contributed by atoms with Crippen molar-refractivity contribution >= 4 is 17.5 Å². The molecule has 12 heteroatoms. The Morgan fingerprint density at radius 2 is 1.29 bits per heavy atom. The van der Waals surface area contributed by atoms with Gasteiger partial charge in [0.05, 0.1) is 26.9 Å². The van der Waals surface area contributed by atoms with Crippen molar-refractivity contribution in [2.24, 2.45) is 0 Å². The average Bonchev–Trinajstić information content (AvgIpc) is 3.23. The molecular weight excluding hydrogens is 713 g/mol. The minimum Gasteiger partial charge on any atom is -0.497 e. The lowest BCUT2D eigenvalue weighted by molar-refractivity contribution is -0.125. The molecule has 2 amide bonds. The maximum Gasteiger partial charge on any atom is 0.328 e. The van der Waals surface area contributed by atoms with Gasteiger partial charge in [0.1, 0.15) is 29.7 Å². The number of aromatic amines is 1. The molecule has 6 rings (SSSR count). The number of hydrogen-bond acceptors (Lipinski definition) is 8. The Morgan fingerprint density at radius 1 is 0.750 bits per heavy atom. The molecular formula is C44H42N4O8. The van der Waals surface area contributed by atoms with Gasteiger partial charge >= 0.3 is 5.69 Å². The minimum absolute atomic E-state index is 0.230. The molecule has 0 radical (unpaired) electrons. The molecule has 286 valence electrons. The lowest BCUT2D eigenvalue weighted by Gasteiger charge is -2.38. The zero-order chi connectivity index (χ0) is 39.7. The van der Waals surface area contributed by atoms with Crippen molar-refractivity contribution in [3.8, 4) is 11.5 Å². The summed E-state index contributed by atoms with van der Waals surface area (Å²) in [5, 5.41) is 17.7. The highest BCUT2D eigenvalue weighted by Gasteiger charge is 2.39. The Hall–Kier alpha value is -6.76. The van der Waals surface area contributed by atoms with Crippen molar-refractivity contribution in [2.75, 3.05) is 26.1 Å². The van der Waals surface area contributed by atoms with Gasteiger partial charge in [-0.05, 0) is 77.7 Å². The van der Waals surface area contributed by atoms with E-state index in [1.165, 1.54) is 13.1 Å². The Labute approximate surface area is 323 Å². The molecule has 0 saturated carbocycles. The number of aliphatic hydroxyl groups is 1. The number of carbonyl (C=O) groups excluding carboxylic acids is 2. The summed E-state index contributed by atoms with van der Waals surface area (Å²) in [4.78, 5) is 53.3. The van der Waals surface area contributed by atoms with Gasteiger partial charge in [-0.1, -0.05) is 84.9 Å². The van der Waals surface area contributed by atoms with Gasteiger partial charge in [-0.2, -0.15) is 0 Å². The SMILES string of the molecule is COc1ccc(C(OC[C@@H](NC(=O)Cn2cc(C)c(=O)[nH]c2=O)[C@H](O)c2ccc(NC(=O)c3ccccc3)cc2)(c2ccccc2)c2ccc(OC)cc2)cc1. The molecule has 4 N–H and O–H groups in total. The van der Waals surface area contributed by atoms with E-state index < -0.39 is 41.4 Å². The predicted molar refractivity (Wildman–Crippen MR) is 212 cm³/mol. The standard InChI is InChI=1S/C44H42N4O8/c1-29-26-48(43(53)47-41(29)51)27-39(49)46-38(40(50)30-14-20-35(21-15-30)45-42(52)31-10-6-4-7-11-31)28-56-44(32-12-8-5-9-13-32,33-16-22-36(54-2)23-17-33)34-18-24-37(55-3)25-19-34/h4-26,38,40,50H,27-28H2,1-3H3,(H,45,52)(H,46,49)(H,47,51,53)/t38-,40-/m1/s1. The summed E-state index contributed by atoms with van der Waals surface area (Å²) in [6.45, 7) is 0.858. The van der Waals surface area contributed by atoms with E-state index in [4.69, 9.17) is 14.2 Å². The van der Waals surface area contributed by atoms with Crippen molar-refractivity contribution in [1.29, 1.82) is 0 Å². The molecule has 1 aromatic heterocycles. The lowest BCUT2D eigenvalue weighted by Crippen LogP contribution is -2.47. The summed E-state index contributed by atoms with van der Waals surface area (Å²) < 4.78 is 19.1. The number of hydrogen-bond donors (Lipinski definition) is 4. The predicted octanol–water partition coefficient (Wildman–Crippen LogP) is 5.34. The molecule has 0 bridgehead atoms. The third-order valence-corrected chi connectivity index (χ3v) is 9.43. The fraction of sp³-hybridized carbons (Fsp3) is 0.182. The number of methoxy groups -OCH3 is 2. The Kier molecular flexibility index (Phi) is 12.2. The smallest absolute Gasteiger partial charge is 0.328 e. The molecule has 2 atom stereocenters. The van der Waals surface area contributed by atoms with Crippen LogP contribution in [-0.4, -0.2) is 53.3 Å². The number of carbonyl (C=O) groups is 2. The number of aromatic nitrogens is 2. The molecule has 0 spiro atoms. The first-order chi connectivity index (χ1) is 27.1. The molecule has 0 aliphatic rings.